The third-order valence-corrected chi connectivity index (χ3v) is 3.42. The van der Waals surface area contributed by atoms with Crippen molar-refractivity contribution in [1.29, 1.82) is 0 Å². The molecule has 0 unspecified atom stereocenters. The molecule has 2 N–H and O–H groups in total. The summed E-state index contributed by atoms with van der Waals surface area (Å²) in [5.41, 5.74) is 5.12. The van der Waals surface area contributed by atoms with Gasteiger partial charge in [0, 0.05) is 19.1 Å². The summed E-state index contributed by atoms with van der Waals surface area (Å²) < 4.78 is 5.48. The van der Waals surface area contributed by atoms with Crippen LogP contribution in [0.4, 0.5) is 4.79 Å². The molecule has 0 aromatic heterocycles. The Balaban J connectivity index is 2.76. The summed E-state index contributed by atoms with van der Waals surface area (Å²) in [5, 5.41) is 0. The van der Waals surface area contributed by atoms with Crippen LogP contribution in [0.25, 0.3) is 0 Å². The van der Waals surface area contributed by atoms with Crippen LogP contribution in [0.15, 0.2) is 0 Å². The topological polar surface area (TPSA) is 75.9 Å². The van der Waals surface area contributed by atoms with Crippen LogP contribution in [-0.2, 0) is 9.53 Å². The minimum atomic E-state index is -0.524. The van der Waals surface area contributed by atoms with Gasteiger partial charge in [0.15, 0.2) is 0 Å². The lowest BCUT2D eigenvalue weighted by molar-refractivity contribution is -0.131. The number of nitrogens with zero attached hydrogens (tertiary/aromatic N) is 2. The zero-order chi connectivity index (χ0) is 16.4. The number of carbonyl (C=O) groups is 2. The average molecular weight is 299 g/mol. The molecule has 0 bridgehead atoms. The van der Waals surface area contributed by atoms with Gasteiger partial charge in [-0.1, -0.05) is 0 Å². The molecule has 0 spiro atoms. The summed E-state index contributed by atoms with van der Waals surface area (Å²) in [6, 6.07) is -0.490. The van der Waals surface area contributed by atoms with Crippen molar-refractivity contribution in [2.75, 3.05) is 13.1 Å². The van der Waals surface area contributed by atoms with E-state index in [0.29, 0.717) is 13.1 Å². The van der Waals surface area contributed by atoms with Gasteiger partial charge in [-0.25, -0.2) is 4.79 Å². The normalized spacial score (nSPS) is 20.6. The molecule has 0 aliphatic carbocycles. The molecule has 1 rings (SSSR count). The Bertz CT molecular complexity index is 388. The third-order valence-electron chi connectivity index (χ3n) is 3.42. The highest BCUT2D eigenvalue weighted by Gasteiger charge is 2.36. The molecule has 1 heterocycles. The quantitative estimate of drug-likeness (QED) is 0.858. The highest BCUT2D eigenvalue weighted by molar-refractivity contribution is 5.81. The number of hydrogen-bond acceptors (Lipinski definition) is 4. The SMILES string of the molecule is CC(C)N(C(=O)OC(C)(C)C)[C@@H]1CCN(C(=O)[C@H](C)N)C1. The predicted octanol–water partition coefficient (Wildman–Crippen LogP) is 1.58. The van der Waals surface area contributed by atoms with E-state index < -0.39 is 11.6 Å². The van der Waals surface area contributed by atoms with Gasteiger partial charge in [0.2, 0.25) is 5.91 Å². The van der Waals surface area contributed by atoms with Crippen molar-refractivity contribution in [3.05, 3.63) is 0 Å². The maximum atomic E-state index is 12.4. The minimum Gasteiger partial charge on any atom is -0.444 e. The molecule has 6 heteroatoms. The monoisotopic (exact) mass is 299 g/mol. The van der Waals surface area contributed by atoms with Gasteiger partial charge in [0.1, 0.15) is 5.60 Å². The molecule has 2 atom stereocenters. The average Bonchev–Trinajstić information content (AvgIpc) is 2.73. The zero-order valence-electron chi connectivity index (χ0n) is 14.0. The van der Waals surface area contributed by atoms with Crippen LogP contribution < -0.4 is 5.73 Å². The molecular formula is C15H29N3O3. The van der Waals surface area contributed by atoms with E-state index in [4.69, 9.17) is 10.5 Å². The van der Waals surface area contributed by atoms with Crippen molar-refractivity contribution in [3.63, 3.8) is 0 Å². The molecule has 0 saturated carbocycles. The van der Waals surface area contributed by atoms with Crippen LogP contribution in [0.5, 0.6) is 0 Å². The van der Waals surface area contributed by atoms with Crippen LogP contribution in [0.3, 0.4) is 0 Å². The molecule has 122 valence electrons. The highest BCUT2D eigenvalue weighted by Crippen LogP contribution is 2.21. The van der Waals surface area contributed by atoms with E-state index in [1.54, 1.807) is 16.7 Å². The second-order valence-electron chi connectivity index (χ2n) is 7.00. The Labute approximate surface area is 127 Å². The van der Waals surface area contributed by atoms with Crippen LogP contribution in [-0.4, -0.2) is 58.6 Å². The lowest BCUT2D eigenvalue weighted by Gasteiger charge is -2.34. The molecule has 21 heavy (non-hydrogen) atoms. The maximum absolute atomic E-state index is 12.4. The molecule has 1 aliphatic rings. The standard InChI is InChI=1S/C15H29N3O3/c1-10(2)18(14(20)21-15(4,5)6)12-7-8-17(9-12)13(19)11(3)16/h10-12H,7-9,16H2,1-6H3/t11-,12+/m0/s1. The maximum Gasteiger partial charge on any atom is 0.410 e. The molecule has 1 aliphatic heterocycles. The van der Waals surface area contributed by atoms with Crippen molar-refractivity contribution >= 4 is 12.0 Å². The predicted molar refractivity (Wildman–Crippen MR) is 81.8 cm³/mol. The fraction of sp³-hybridized carbons (Fsp3) is 0.867. The summed E-state index contributed by atoms with van der Waals surface area (Å²) in [6.45, 7) is 12.3. The highest BCUT2D eigenvalue weighted by atomic mass is 16.6. The van der Waals surface area contributed by atoms with Gasteiger partial charge in [-0.2, -0.15) is 0 Å². The fourth-order valence-corrected chi connectivity index (χ4v) is 2.55. The first-order chi connectivity index (χ1) is 9.53. The van der Waals surface area contributed by atoms with E-state index in [-0.39, 0.29) is 24.1 Å². The number of amides is 2. The first-order valence-corrected chi connectivity index (χ1v) is 7.58. The number of carbonyl (C=O) groups excluding carboxylic acids is 2. The van der Waals surface area contributed by atoms with Crippen molar-refractivity contribution in [2.24, 2.45) is 5.73 Å². The summed E-state index contributed by atoms with van der Waals surface area (Å²) in [6.07, 6.45) is 0.438. The summed E-state index contributed by atoms with van der Waals surface area (Å²) in [5.74, 6) is -0.0644. The van der Waals surface area contributed by atoms with E-state index >= 15 is 0 Å². The van der Waals surface area contributed by atoms with Gasteiger partial charge in [0.05, 0.1) is 12.1 Å². The van der Waals surface area contributed by atoms with Gasteiger partial charge in [-0.15, -0.1) is 0 Å². The van der Waals surface area contributed by atoms with Gasteiger partial charge < -0.3 is 20.3 Å². The minimum absolute atomic E-state index is 0.0115. The second-order valence-corrected chi connectivity index (χ2v) is 7.00. The van der Waals surface area contributed by atoms with Crippen LogP contribution in [0, 0.1) is 0 Å². The third kappa shape index (κ3) is 4.88. The molecule has 2 amide bonds. The number of ether oxygens (including phenoxy) is 1. The lowest BCUT2D eigenvalue weighted by atomic mass is 10.1. The number of rotatable bonds is 3. The molecule has 1 saturated heterocycles. The second kappa shape index (κ2) is 6.64. The first-order valence-electron chi connectivity index (χ1n) is 7.58. The molecule has 6 nitrogen and oxygen atoms in total. The Morgan fingerprint density at radius 2 is 1.86 bits per heavy atom. The van der Waals surface area contributed by atoms with E-state index in [9.17, 15) is 9.59 Å². The van der Waals surface area contributed by atoms with Gasteiger partial charge in [0.25, 0.3) is 0 Å². The number of hydrogen-bond donors (Lipinski definition) is 1. The van der Waals surface area contributed by atoms with Gasteiger partial charge >= 0.3 is 6.09 Å². The largest absolute Gasteiger partial charge is 0.444 e. The number of likely N-dealkylation sites (tertiary alicyclic amines) is 1. The van der Waals surface area contributed by atoms with Gasteiger partial charge in [-0.3, -0.25) is 4.79 Å². The van der Waals surface area contributed by atoms with Crippen molar-refractivity contribution in [1.82, 2.24) is 9.80 Å². The molecular weight excluding hydrogens is 270 g/mol. The summed E-state index contributed by atoms with van der Waals surface area (Å²) in [4.78, 5) is 27.8. The van der Waals surface area contributed by atoms with E-state index in [0.717, 1.165) is 6.42 Å². The lowest BCUT2D eigenvalue weighted by Crippen LogP contribution is -2.49. The van der Waals surface area contributed by atoms with E-state index in [2.05, 4.69) is 0 Å². The van der Waals surface area contributed by atoms with E-state index in [1.807, 2.05) is 34.6 Å². The Hall–Kier alpha value is -1.30. The van der Waals surface area contributed by atoms with Gasteiger partial charge in [-0.05, 0) is 48.0 Å². The van der Waals surface area contributed by atoms with Crippen LogP contribution in [0.2, 0.25) is 0 Å². The summed E-state index contributed by atoms with van der Waals surface area (Å²) >= 11 is 0. The fourth-order valence-electron chi connectivity index (χ4n) is 2.55. The Kier molecular flexibility index (Phi) is 5.61. The van der Waals surface area contributed by atoms with Crippen molar-refractivity contribution in [2.45, 2.75) is 71.7 Å². The van der Waals surface area contributed by atoms with Crippen LogP contribution >= 0.6 is 0 Å². The molecule has 1 fully saturated rings. The smallest absolute Gasteiger partial charge is 0.410 e. The molecule has 0 aromatic carbocycles. The summed E-state index contributed by atoms with van der Waals surface area (Å²) in [7, 11) is 0. The van der Waals surface area contributed by atoms with E-state index in [1.165, 1.54) is 0 Å². The van der Waals surface area contributed by atoms with Crippen LogP contribution in [0.1, 0.15) is 48.0 Å². The van der Waals surface area contributed by atoms with Crippen molar-refractivity contribution < 1.29 is 14.3 Å². The Morgan fingerprint density at radius 3 is 2.29 bits per heavy atom. The Morgan fingerprint density at radius 1 is 1.29 bits per heavy atom. The molecule has 0 aromatic rings. The first kappa shape index (κ1) is 17.8. The zero-order valence-corrected chi connectivity index (χ0v) is 14.0. The molecule has 0 radical (unpaired) electrons. The number of nitrogens with two attached hydrogens (primary N) is 1. The van der Waals surface area contributed by atoms with Crippen molar-refractivity contribution in [3.8, 4) is 0 Å².